The molecule has 2 aromatic carbocycles. The smallest absolute Gasteiger partial charge is 0.118 e. The molecular formula is C21H26N2OS. The fraction of sp³-hybridized carbons (Fsp3) is 0.381. The van der Waals surface area contributed by atoms with Crippen LogP contribution < -0.4 is 4.74 Å². The van der Waals surface area contributed by atoms with Crippen molar-refractivity contribution in [3.8, 4) is 5.75 Å². The summed E-state index contributed by atoms with van der Waals surface area (Å²) in [5.41, 5.74) is 3.70. The summed E-state index contributed by atoms with van der Waals surface area (Å²) in [6, 6.07) is 14.8. The van der Waals surface area contributed by atoms with E-state index in [4.69, 9.17) is 9.72 Å². The Morgan fingerprint density at radius 1 is 1.08 bits per heavy atom. The van der Waals surface area contributed by atoms with Crippen molar-refractivity contribution in [1.29, 1.82) is 0 Å². The van der Waals surface area contributed by atoms with Crippen molar-refractivity contribution >= 4 is 22.8 Å². The topological polar surface area (TPSA) is 27.1 Å². The van der Waals surface area contributed by atoms with Gasteiger partial charge in [0.2, 0.25) is 0 Å². The van der Waals surface area contributed by atoms with Gasteiger partial charge in [-0.15, -0.1) is 11.8 Å². The maximum Gasteiger partial charge on any atom is 0.118 e. The highest BCUT2D eigenvalue weighted by molar-refractivity contribution is 7.99. The van der Waals surface area contributed by atoms with Crippen LogP contribution in [0.25, 0.3) is 11.0 Å². The number of methoxy groups -OCH3 is 1. The van der Waals surface area contributed by atoms with Crippen LogP contribution in [0.15, 0.2) is 47.4 Å². The van der Waals surface area contributed by atoms with Gasteiger partial charge in [0.15, 0.2) is 0 Å². The minimum absolute atomic E-state index is 0.915. The maximum absolute atomic E-state index is 5.20. The van der Waals surface area contributed by atoms with E-state index >= 15 is 0 Å². The first kappa shape index (κ1) is 17.9. The van der Waals surface area contributed by atoms with Gasteiger partial charge in [-0.3, -0.25) is 0 Å². The van der Waals surface area contributed by atoms with Crippen molar-refractivity contribution in [3.63, 3.8) is 0 Å². The van der Waals surface area contributed by atoms with E-state index in [-0.39, 0.29) is 0 Å². The molecule has 0 aliphatic rings. The van der Waals surface area contributed by atoms with Gasteiger partial charge in [0.1, 0.15) is 11.6 Å². The van der Waals surface area contributed by atoms with Gasteiger partial charge in [-0.25, -0.2) is 4.98 Å². The Labute approximate surface area is 154 Å². The zero-order valence-corrected chi connectivity index (χ0v) is 16.1. The predicted octanol–water partition coefficient (Wildman–Crippen LogP) is 5.49. The Morgan fingerprint density at radius 2 is 1.88 bits per heavy atom. The number of benzene rings is 2. The summed E-state index contributed by atoms with van der Waals surface area (Å²) >= 11 is 1.91. The molecule has 0 unspecified atom stereocenters. The second-order valence-electron chi connectivity index (χ2n) is 6.26. The molecule has 4 heteroatoms. The molecule has 0 fully saturated rings. The number of fused-ring (bicyclic) bond motifs is 1. The average Bonchev–Trinajstić information content (AvgIpc) is 2.99. The lowest BCUT2D eigenvalue weighted by Gasteiger charge is -2.09. The van der Waals surface area contributed by atoms with E-state index in [1.54, 1.807) is 7.11 Å². The Morgan fingerprint density at radius 3 is 2.60 bits per heavy atom. The van der Waals surface area contributed by atoms with E-state index in [0.29, 0.717) is 0 Å². The van der Waals surface area contributed by atoms with E-state index in [0.717, 1.165) is 30.0 Å². The molecule has 0 radical (unpaired) electrons. The third-order valence-corrected chi connectivity index (χ3v) is 5.50. The van der Waals surface area contributed by atoms with E-state index in [1.807, 2.05) is 23.9 Å². The predicted molar refractivity (Wildman–Crippen MR) is 107 cm³/mol. The molecule has 132 valence electrons. The number of unbranched alkanes of at least 4 members (excludes halogenated alkanes) is 1. The van der Waals surface area contributed by atoms with Gasteiger partial charge >= 0.3 is 0 Å². The van der Waals surface area contributed by atoms with Crippen LogP contribution in [0.2, 0.25) is 0 Å². The first-order chi connectivity index (χ1) is 12.2. The molecule has 25 heavy (non-hydrogen) atoms. The van der Waals surface area contributed by atoms with Gasteiger partial charge in [-0.05, 0) is 67.5 Å². The van der Waals surface area contributed by atoms with Crippen LogP contribution in [-0.2, 0) is 13.0 Å². The Kier molecular flexibility index (Phi) is 6.03. The average molecular weight is 355 g/mol. The molecular weight excluding hydrogens is 328 g/mol. The zero-order valence-electron chi connectivity index (χ0n) is 15.3. The molecule has 1 aromatic heterocycles. The van der Waals surface area contributed by atoms with Gasteiger partial charge < -0.3 is 9.30 Å². The molecule has 0 aliphatic heterocycles. The number of aromatic nitrogens is 2. The molecule has 0 N–H and O–H groups in total. The number of nitrogens with zero attached hydrogens (tertiary/aromatic N) is 2. The molecule has 3 nitrogen and oxygen atoms in total. The molecule has 0 aliphatic carbocycles. The number of ether oxygens (including phenoxy) is 1. The van der Waals surface area contributed by atoms with Crippen LogP contribution >= 0.6 is 11.8 Å². The molecule has 1 heterocycles. The summed E-state index contributed by atoms with van der Waals surface area (Å²) in [7, 11) is 1.70. The normalized spacial score (nSPS) is 11.2. The highest BCUT2D eigenvalue weighted by Crippen LogP contribution is 2.23. The van der Waals surface area contributed by atoms with Crippen LogP contribution in [0.5, 0.6) is 5.75 Å². The van der Waals surface area contributed by atoms with E-state index in [9.17, 15) is 0 Å². The van der Waals surface area contributed by atoms with Crippen molar-refractivity contribution in [3.05, 3.63) is 53.9 Å². The van der Waals surface area contributed by atoms with Gasteiger partial charge in [0, 0.05) is 17.9 Å². The highest BCUT2D eigenvalue weighted by atomic mass is 32.2. The standard InChI is InChI=1S/C21H26N2OS/c1-4-21-22-19-12-7-16(2)15-20(19)23(21)13-5-6-14-25-18-10-8-17(24-3)9-11-18/h7-12,15H,4-6,13-14H2,1-3H3. The van der Waals surface area contributed by atoms with Gasteiger partial charge in [0.25, 0.3) is 0 Å². The first-order valence-corrected chi connectivity index (χ1v) is 9.92. The minimum atomic E-state index is 0.915. The van der Waals surface area contributed by atoms with Crippen LogP contribution in [0, 0.1) is 6.92 Å². The molecule has 0 bridgehead atoms. The summed E-state index contributed by atoms with van der Waals surface area (Å²) in [5, 5.41) is 0. The second kappa shape index (κ2) is 8.43. The number of rotatable bonds is 8. The van der Waals surface area contributed by atoms with E-state index in [2.05, 4.69) is 48.7 Å². The maximum atomic E-state index is 5.20. The third-order valence-electron chi connectivity index (χ3n) is 4.40. The van der Waals surface area contributed by atoms with Crippen LogP contribution in [0.3, 0.4) is 0 Å². The zero-order chi connectivity index (χ0) is 17.6. The highest BCUT2D eigenvalue weighted by Gasteiger charge is 2.09. The van der Waals surface area contributed by atoms with Crippen molar-refractivity contribution in [1.82, 2.24) is 9.55 Å². The lowest BCUT2D eigenvalue weighted by Crippen LogP contribution is -2.03. The van der Waals surface area contributed by atoms with E-state index in [1.165, 1.54) is 34.6 Å². The monoisotopic (exact) mass is 354 g/mol. The minimum Gasteiger partial charge on any atom is -0.497 e. The Hall–Kier alpha value is -1.94. The summed E-state index contributed by atoms with van der Waals surface area (Å²) in [6.45, 7) is 5.38. The second-order valence-corrected chi connectivity index (χ2v) is 7.42. The van der Waals surface area contributed by atoms with Gasteiger partial charge in [-0.1, -0.05) is 13.0 Å². The quantitative estimate of drug-likeness (QED) is 0.395. The van der Waals surface area contributed by atoms with Crippen molar-refractivity contribution in [2.75, 3.05) is 12.9 Å². The number of hydrogen-bond acceptors (Lipinski definition) is 3. The summed E-state index contributed by atoms with van der Waals surface area (Å²) in [4.78, 5) is 6.09. The SMILES string of the molecule is CCc1nc2ccc(C)cc2n1CCCCSc1ccc(OC)cc1. The summed E-state index contributed by atoms with van der Waals surface area (Å²) in [5.74, 6) is 3.25. The first-order valence-electron chi connectivity index (χ1n) is 8.94. The van der Waals surface area contributed by atoms with Gasteiger partial charge in [0.05, 0.1) is 18.1 Å². The largest absolute Gasteiger partial charge is 0.497 e. The lowest BCUT2D eigenvalue weighted by atomic mass is 10.2. The molecule has 0 saturated carbocycles. The van der Waals surface area contributed by atoms with Gasteiger partial charge in [-0.2, -0.15) is 0 Å². The van der Waals surface area contributed by atoms with Crippen molar-refractivity contribution in [2.24, 2.45) is 0 Å². The molecule has 0 spiro atoms. The van der Waals surface area contributed by atoms with Crippen molar-refractivity contribution < 1.29 is 4.74 Å². The summed E-state index contributed by atoms with van der Waals surface area (Å²) in [6.07, 6.45) is 3.36. The van der Waals surface area contributed by atoms with Crippen LogP contribution in [-0.4, -0.2) is 22.4 Å². The van der Waals surface area contributed by atoms with Crippen molar-refractivity contribution in [2.45, 2.75) is 44.6 Å². The number of aryl methyl sites for hydroxylation is 3. The van der Waals surface area contributed by atoms with E-state index < -0.39 is 0 Å². The number of hydrogen-bond donors (Lipinski definition) is 0. The van der Waals surface area contributed by atoms with Crippen LogP contribution in [0.1, 0.15) is 31.2 Å². The molecule has 3 rings (SSSR count). The number of thioether (sulfide) groups is 1. The molecule has 3 aromatic rings. The Balaban J connectivity index is 1.55. The fourth-order valence-corrected chi connectivity index (χ4v) is 3.95. The van der Waals surface area contributed by atoms with Crippen LogP contribution in [0.4, 0.5) is 0 Å². The number of imidazole rings is 1. The Bertz CT molecular complexity index is 824. The lowest BCUT2D eigenvalue weighted by molar-refractivity contribution is 0.414. The molecule has 0 atom stereocenters. The molecule has 0 amide bonds. The fourth-order valence-electron chi connectivity index (χ4n) is 3.04. The third kappa shape index (κ3) is 4.37. The summed E-state index contributed by atoms with van der Waals surface area (Å²) < 4.78 is 7.60. The molecule has 0 saturated heterocycles.